The Morgan fingerprint density at radius 3 is 2.50 bits per heavy atom. The smallest absolute Gasteiger partial charge is 0.337 e. The first-order valence-electron chi connectivity index (χ1n) is 5.48. The maximum absolute atomic E-state index is 11.5. The molecular formula is C14H10BrNO2. The number of ether oxygens (including phenoxy) is 1. The van der Waals surface area contributed by atoms with E-state index in [1.807, 2.05) is 24.3 Å². The fraction of sp³-hybridized carbons (Fsp3) is 0.0714. The molecule has 3 aromatic rings. The van der Waals surface area contributed by atoms with Gasteiger partial charge in [-0.25, -0.2) is 4.79 Å². The van der Waals surface area contributed by atoms with E-state index in [0.29, 0.717) is 5.56 Å². The number of carbonyl (C=O) groups is 1. The second-order valence-corrected chi connectivity index (χ2v) is 4.98. The van der Waals surface area contributed by atoms with Crippen molar-refractivity contribution in [3.05, 3.63) is 46.4 Å². The zero-order valence-corrected chi connectivity index (χ0v) is 11.2. The molecule has 0 amide bonds. The van der Waals surface area contributed by atoms with Gasteiger partial charge in [0, 0.05) is 26.3 Å². The van der Waals surface area contributed by atoms with Crippen molar-refractivity contribution in [1.82, 2.24) is 4.98 Å². The Kier molecular flexibility index (Phi) is 2.59. The largest absolute Gasteiger partial charge is 0.465 e. The summed E-state index contributed by atoms with van der Waals surface area (Å²) in [6.45, 7) is 0. The van der Waals surface area contributed by atoms with Crippen LogP contribution in [0.2, 0.25) is 0 Å². The number of fused-ring (bicyclic) bond motifs is 3. The molecule has 0 fully saturated rings. The van der Waals surface area contributed by atoms with Gasteiger partial charge in [0.25, 0.3) is 0 Å². The number of benzene rings is 2. The van der Waals surface area contributed by atoms with Crippen LogP contribution in [0.1, 0.15) is 10.4 Å². The third kappa shape index (κ3) is 1.69. The molecule has 18 heavy (non-hydrogen) atoms. The molecule has 1 N–H and O–H groups in total. The van der Waals surface area contributed by atoms with Gasteiger partial charge in [-0.05, 0) is 24.3 Å². The molecule has 0 spiro atoms. The molecule has 4 heteroatoms. The highest BCUT2D eigenvalue weighted by molar-refractivity contribution is 9.10. The lowest BCUT2D eigenvalue weighted by Crippen LogP contribution is -2.00. The maximum atomic E-state index is 11.5. The maximum Gasteiger partial charge on any atom is 0.337 e. The highest BCUT2D eigenvalue weighted by Gasteiger charge is 2.09. The standard InChI is InChI=1S/C14H10BrNO2/c1-18-14(17)8-2-4-10-11-5-3-9(15)7-13(11)16-12(10)6-8/h2-7,16H,1H3. The van der Waals surface area contributed by atoms with E-state index in [1.54, 1.807) is 6.07 Å². The van der Waals surface area contributed by atoms with Crippen LogP contribution in [0.4, 0.5) is 0 Å². The van der Waals surface area contributed by atoms with Gasteiger partial charge in [0.1, 0.15) is 0 Å². The average Bonchev–Trinajstić information content (AvgIpc) is 2.73. The van der Waals surface area contributed by atoms with Crippen molar-refractivity contribution in [2.24, 2.45) is 0 Å². The molecule has 90 valence electrons. The number of aromatic amines is 1. The Morgan fingerprint density at radius 1 is 1.11 bits per heavy atom. The van der Waals surface area contributed by atoms with Gasteiger partial charge < -0.3 is 9.72 Å². The van der Waals surface area contributed by atoms with Gasteiger partial charge in [-0.2, -0.15) is 0 Å². The minimum absolute atomic E-state index is 0.322. The monoisotopic (exact) mass is 303 g/mol. The van der Waals surface area contributed by atoms with E-state index in [9.17, 15) is 4.79 Å². The van der Waals surface area contributed by atoms with Crippen LogP contribution in [0.15, 0.2) is 40.9 Å². The number of hydrogen-bond acceptors (Lipinski definition) is 2. The molecule has 0 saturated carbocycles. The van der Waals surface area contributed by atoms with E-state index in [1.165, 1.54) is 7.11 Å². The lowest BCUT2D eigenvalue weighted by molar-refractivity contribution is 0.0601. The van der Waals surface area contributed by atoms with Gasteiger partial charge in [-0.1, -0.05) is 28.1 Å². The number of rotatable bonds is 1. The highest BCUT2D eigenvalue weighted by Crippen LogP contribution is 2.28. The minimum Gasteiger partial charge on any atom is -0.465 e. The van der Waals surface area contributed by atoms with Crippen molar-refractivity contribution < 1.29 is 9.53 Å². The molecule has 0 atom stereocenters. The summed E-state index contributed by atoms with van der Waals surface area (Å²) < 4.78 is 5.74. The Labute approximate surface area is 112 Å². The van der Waals surface area contributed by atoms with Crippen LogP contribution in [0.25, 0.3) is 21.8 Å². The van der Waals surface area contributed by atoms with Gasteiger partial charge in [0.15, 0.2) is 0 Å². The van der Waals surface area contributed by atoms with Crippen molar-refractivity contribution in [2.45, 2.75) is 0 Å². The van der Waals surface area contributed by atoms with E-state index in [4.69, 9.17) is 4.74 Å². The number of carbonyl (C=O) groups excluding carboxylic acids is 1. The minimum atomic E-state index is -0.322. The van der Waals surface area contributed by atoms with Gasteiger partial charge in [-0.3, -0.25) is 0 Å². The second kappa shape index (κ2) is 4.14. The molecule has 0 radical (unpaired) electrons. The summed E-state index contributed by atoms with van der Waals surface area (Å²) in [5.74, 6) is -0.322. The van der Waals surface area contributed by atoms with Gasteiger partial charge in [0.05, 0.1) is 12.7 Å². The quantitative estimate of drug-likeness (QED) is 0.693. The fourth-order valence-electron chi connectivity index (χ4n) is 2.13. The number of aromatic nitrogens is 1. The Bertz CT molecular complexity index is 761. The number of halogens is 1. The van der Waals surface area contributed by atoms with Crippen LogP contribution < -0.4 is 0 Å². The van der Waals surface area contributed by atoms with Crippen molar-refractivity contribution in [2.75, 3.05) is 7.11 Å². The highest BCUT2D eigenvalue weighted by atomic mass is 79.9. The van der Waals surface area contributed by atoms with Gasteiger partial charge in [0.2, 0.25) is 0 Å². The first-order chi connectivity index (χ1) is 8.69. The van der Waals surface area contributed by atoms with Crippen LogP contribution in [0, 0.1) is 0 Å². The third-order valence-corrected chi connectivity index (χ3v) is 3.48. The first-order valence-corrected chi connectivity index (χ1v) is 6.27. The summed E-state index contributed by atoms with van der Waals surface area (Å²) in [6, 6.07) is 11.6. The number of methoxy groups -OCH3 is 1. The zero-order valence-electron chi connectivity index (χ0n) is 9.66. The number of hydrogen-bond donors (Lipinski definition) is 1. The molecule has 0 aliphatic heterocycles. The molecule has 1 heterocycles. The van der Waals surface area contributed by atoms with Crippen molar-refractivity contribution in [3.8, 4) is 0 Å². The summed E-state index contributed by atoms with van der Waals surface area (Å²) in [4.78, 5) is 14.8. The number of esters is 1. The molecule has 3 nitrogen and oxygen atoms in total. The van der Waals surface area contributed by atoms with Gasteiger partial charge in [-0.15, -0.1) is 0 Å². The molecular weight excluding hydrogens is 294 g/mol. The topological polar surface area (TPSA) is 42.1 Å². The van der Waals surface area contributed by atoms with Crippen molar-refractivity contribution >= 4 is 43.7 Å². The summed E-state index contributed by atoms with van der Waals surface area (Å²) in [5, 5.41) is 2.25. The van der Waals surface area contributed by atoms with E-state index in [0.717, 1.165) is 26.3 Å². The first kappa shape index (κ1) is 11.3. The van der Waals surface area contributed by atoms with Crippen LogP contribution in [0.3, 0.4) is 0 Å². The van der Waals surface area contributed by atoms with Crippen LogP contribution >= 0.6 is 15.9 Å². The molecule has 0 unspecified atom stereocenters. The molecule has 1 aromatic heterocycles. The summed E-state index contributed by atoms with van der Waals surface area (Å²) in [5.41, 5.74) is 2.53. The predicted octanol–water partition coefficient (Wildman–Crippen LogP) is 3.87. The van der Waals surface area contributed by atoms with Crippen molar-refractivity contribution in [1.29, 1.82) is 0 Å². The Morgan fingerprint density at radius 2 is 1.78 bits per heavy atom. The van der Waals surface area contributed by atoms with E-state index in [2.05, 4.69) is 27.0 Å². The average molecular weight is 304 g/mol. The molecule has 3 rings (SSSR count). The third-order valence-electron chi connectivity index (χ3n) is 2.98. The summed E-state index contributed by atoms with van der Waals surface area (Å²) >= 11 is 3.44. The van der Waals surface area contributed by atoms with Crippen LogP contribution in [-0.2, 0) is 4.74 Å². The van der Waals surface area contributed by atoms with Crippen LogP contribution in [0.5, 0.6) is 0 Å². The van der Waals surface area contributed by atoms with Crippen molar-refractivity contribution in [3.63, 3.8) is 0 Å². The SMILES string of the molecule is COC(=O)c1ccc2c(c1)[nH]c1cc(Br)ccc12. The molecule has 0 aliphatic carbocycles. The van der Waals surface area contributed by atoms with E-state index in [-0.39, 0.29) is 5.97 Å². The zero-order chi connectivity index (χ0) is 12.7. The normalized spacial score (nSPS) is 11.0. The lowest BCUT2D eigenvalue weighted by Gasteiger charge is -1.98. The number of nitrogens with one attached hydrogen (secondary N) is 1. The molecule has 0 aliphatic rings. The second-order valence-electron chi connectivity index (χ2n) is 4.07. The number of H-pyrrole nitrogens is 1. The molecule has 2 aromatic carbocycles. The summed E-state index contributed by atoms with van der Waals surface area (Å²) in [6.07, 6.45) is 0. The lowest BCUT2D eigenvalue weighted by atomic mass is 10.1. The molecule has 0 saturated heterocycles. The fourth-order valence-corrected chi connectivity index (χ4v) is 2.49. The van der Waals surface area contributed by atoms with E-state index < -0.39 is 0 Å². The molecule has 0 bridgehead atoms. The summed E-state index contributed by atoms with van der Waals surface area (Å²) in [7, 11) is 1.38. The Hall–Kier alpha value is -1.81. The van der Waals surface area contributed by atoms with Gasteiger partial charge >= 0.3 is 5.97 Å². The Balaban J connectivity index is 2.29. The van der Waals surface area contributed by atoms with E-state index >= 15 is 0 Å². The predicted molar refractivity (Wildman–Crippen MR) is 74.8 cm³/mol. The van der Waals surface area contributed by atoms with Crippen LogP contribution in [-0.4, -0.2) is 18.1 Å².